The van der Waals surface area contributed by atoms with Crippen LogP contribution in [0.3, 0.4) is 0 Å². The van der Waals surface area contributed by atoms with Crippen molar-refractivity contribution < 1.29 is 23.0 Å². The van der Waals surface area contributed by atoms with Crippen LogP contribution in [0.5, 0.6) is 0 Å². The Labute approximate surface area is 183 Å². The molecule has 1 saturated carbocycles. The van der Waals surface area contributed by atoms with Crippen molar-refractivity contribution in [3.05, 3.63) is 68.1 Å². The van der Waals surface area contributed by atoms with Gasteiger partial charge in [0.15, 0.2) is 0 Å². The van der Waals surface area contributed by atoms with Crippen molar-refractivity contribution in [3.63, 3.8) is 0 Å². The Morgan fingerprint density at radius 1 is 1.17 bits per heavy atom. The fourth-order valence-electron chi connectivity index (χ4n) is 3.20. The molecule has 0 saturated heterocycles. The molecule has 2 aromatic carbocycles. The largest absolute Gasteiger partial charge is 0.466 e. The molecule has 0 amide bonds. The van der Waals surface area contributed by atoms with E-state index >= 15 is 0 Å². The van der Waals surface area contributed by atoms with Crippen LogP contribution in [0.25, 0.3) is 10.9 Å². The lowest BCUT2D eigenvalue weighted by Gasteiger charge is -2.32. The summed E-state index contributed by atoms with van der Waals surface area (Å²) >= 11 is 8.25. The van der Waals surface area contributed by atoms with E-state index in [4.69, 9.17) is 21.1 Å². The fraction of sp³-hybridized carbons (Fsp3) is 0.250. The first kappa shape index (κ1) is 20.4. The molecule has 1 aliphatic rings. The van der Waals surface area contributed by atoms with Gasteiger partial charge in [0.25, 0.3) is 0 Å². The van der Waals surface area contributed by atoms with Gasteiger partial charge in [-0.05, 0) is 77.4 Å². The smallest absolute Gasteiger partial charge is 0.349 e. The summed E-state index contributed by atoms with van der Waals surface area (Å²) < 4.78 is 40.3. The molecule has 29 heavy (non-hydrogen) atoms. The van der Waals surface area contributed by atoms with Gasteiger partial charge in [-0.1, -0.05) is 0 Å². The van der Waals surface area contributed by atoms with E-state index in [1.54, 1.807) is 12.1 Å². The maximum absolute atomic E-state index is 14.1. The number of rotatable bonds is 5. The second kappa shape index (κ2) is 7.73. The van der Waals surface area contributed by atoms with E-state index in [0.717, 1.165) is 21.8 Å². The number of benzene rings is 2. The van der Waals surface area contributed by atoms with Gasteiger partial charge < -0.3 is 9.47 Å². The fourth-order valence-corrected chi connectivity index (χ4v) is 3.87. The molecule has 1 aliphatic carbocycles. The third kappa shape index (κ3) is 3.80. The number of fused-ring (bicyclic) bond motifs is 1. The zero-order valence-electron chi connectivity index (χ0n) is 15.1. The lowest BCUT2D eigenvalue weighted by atomic mass is 9.87. The van der Waals surface area contributed by atoms with Gasteiger partial charge in [-0.3, -0.25) is 0 Å². The van der Waals surface area contributed by atoms with Crippen molar-refractivity contribution in [2.45, 2.75) is 24.5 Å². The molecule has 0 radical (unpaired) electrons. The summed E-state index contributed by atoms with van der Waals surface area (Å²) in [6.45, 7) is 0. The van der Waals surface area contributed by atoms with E-state index in [1.165, 1.54) is 7.11 Å². The minimum Gasteiger partial charge on any atom is -0.466 e. The van der Waals surface area contributed by atoms with Gasteiger partial charge in [-0.2, -0.15) is 0 Å². The topological polar surface area (TPSA) is 61.3 Å². The first-order valence-corrected chi connectivity index (χ1v) is 10.1. The zero-order chi connectivity index (χ0) is 20.8. The van der Waals surface area contributed by atoms with Crippen LogP contribution >= 0.6 is 34.2 Å². The Hall–Kier alpha value is -1.91. The number of nitrogens with zero attached hydrogens (tertiary/aromatic N) is 2. The van der Waals surface area contributed by atoms with Crippen molar-refractivity contribution in [1.82, 2.24) is 9.97 Å². The molecular weight excluding hydrogens is 517 g/mol. The molecule has 5 nitrogen and oxygen atoms in total. The zero-order valence-corrected chi connectivity index (χ0v) is 18.0. The van der Waals surface area contributed by atoms with Crippen LogP contribution in [0.4, 0.5) is 8.78 Å². The lowest BCUT2D eigenvalue weighted by Crippen LogP contribution is -2.43. The standard InChI is InChI=1S/C20H14ClF2IN2O3/c1-28-18(27)20(29-14-3-4-14,10-6-11(22)8-12(23)7-10)17-15-9-13(24)2-5-16(15)25-19(21)26-17/h2,5-9,14H,3-4H2,1H3. The highest BCUT2D eigenvalue weighted by Gasteiger charge is 2.51. The lowest BCUT2D eigenvalue weighted by molar-refractivity contribution is -0.167. The van der Waals surface area contributed by atoms with Crippen molar-refractivity contribution in [2.24, 2.45) is 0 Å². The van der Waals surface area contributed by atoms with Crippen molar-refractivity contribution in [2.75, 3.05) is 7.11 Å². The number of ether oxygens (including phenoxy) is 2. The maximum Gasteiger partial charge on any atom is 0.349 e. The summed E-state index contributed by atoms with van der Waals surface area (Å²) in [4.78, 5) is 21.6. The second-order valence-electron chi connectivity index (χ2n) is 6.65. The molecule has 0 bridgehead atoms. The Kier molecular flexibility index (Phi) is 5.43. The van der Waals surface area contributed by atoms with Gasteiger partial charge in [0.2, 0.25) is 10.9 Å². The summed E-state index contributed by atoms with van der Waals surface area (Å²) in [5.74, 6) is -2.57. The highest BCUT2D eigenvalue weighted by molar-refractivity contribution is 14.1. The highest BCUT2D eigenvalue weighted by atomic mass is 127. The molecule has 9 heteroatoms. The van der Waals surface area contributed by atoms with E-state index in [9.17, 15) is 13.6 Å². The number of aromatic nitrogens is 2. The average molecular weight is 531 g/mol. The van der Waals surface area contributed by atoms with Crippen LogP contribution in [-0.2, 0) is 19.9 Å². The average Bonchev–Trinajstić information content (AvgIpc) is 3.48. The number of halogens is 4. The Balaban J connectivity index is 2.11. The number of methoxy groups -OCH3 is 1. The van der Waals surface area contributed by atoms with Gasteiger partial charge in [0.05, 0.1) is 18.7 Å². The quantitative estimate of drug-likeness (QED) is 0.270. The summed E-state index contributed by atoms with van der Waals surface area (Å²) in [5, 5.41) is 0.343. The molecule has 1 heterocycles. The first-order chi connectivity index (χ1) is 13.8. The normalized spacial score (nSPS) is 15.9. The van der Waals surface area contributed by atoms with E-state index in [0.29, 0.717) is 23.7 Å². The van der Waals surface area contributed by atoms with Crippen LogP contribution in [-0.4, -0.2) is 29.2 Å². The first-order valence-electron chi connectivity index (χ1n) is 8.69. The molecular formula is C20H14ClF2IN2O3. The van der Waals surface area contributed by atoms with E-state index < -0.39 is 23.2 Å². The van der Waals surface area contributed by atoms with Gasteiger partial charge in [-0.15, -0.1) is 0 Å². The number of hydrogen-bond donors (Lipinski definition) is 0. The van der Waals surface area contributed by atoms with Gasteiger partial charge in [0.1, 0.15) is 17.3 Å². The van der Waals surface area contributed by atoms with Gasteiger partial charge in [-0.25, -0.2) is 23.5 Å². The van der Waals surface area contributed by atoms with Crippen LogP contribution in [0.15, 0.2) is 36.4 Å². The van der Waals surface area contributed by atoms with E-state index in [2.05, 4.69) is 32.6 Å². The van der Waals surface area contributed by atoms with Gasteiger partial charge in [0, 0.05) is 20.6 Å². The maximum atomic E-state index is 14.1. The number of carbonyl (C=O) groups is 1. The third-order valence-corrected chi connectivity index (χ3v) is 5.41. The second-order valence-corrected chi connectivity index (χ2v) is 8.23. The minimum absolute atomic E-state index is 0.0660. The van der Waals surface area contributed by atoms with Crippen molar-refractivity contribution in [1.29, 1.82) is 0 Å². The molecule has 1 fully saturated rings. The molecule has 0 N–H and O–H groups in total. The van der Waals surface area contributed by atoms with Gasteiger partial charge >= 0.3 is 5.97 Å². The van der Waals surface area contributed by atoms with Crippen LogP contribution in [0.2, 0.25) is 5.28 Å². The van der Waals surface area contributed by atoms with E-state index in [-0.39, 0.29) is 22.6 Å². The Bertz CT molecular complexity index is 1110. The predicted molar refractivity (Wildman–Crippen MR) is 111 cm³/mol. The molecule has 3 aromatic rings. The van der Waals surface area contributed by atoms with Crippen LogP contribution in [0.1, 0.15) is 24.1 Å². The molecule has 1 aromatic heterocycles. The summed E-state index contributed by atoms with van der Waals surface area (Å²) in [5.41, 5.74) is -1.53. The molecule has 1 unspecified atom stereocenters. The molecule has 4 rings (SSSR count). The summed E-state index contributed by atoms with van der Waals surface area (Å²) in [6.07, 6.45) is 1.11. The molecule has 150 valence electrons. The van der Waals surface area contributed by atoms with Crippen molar-refractivity contribution in [3.8, 4) is 0 Å². The van der Waals surface area contributed by atoms with Crippen LogP contribution < -0.4 is 0 Å². The number of hydrogen-bond acceptors (Lipinski definition) is 5. The van der Waals surface area contributed by atoms with Crippen molar-refractivity contribution >= 4 is 51.1 Å². The Morgan fingerprint density at radius 2 is 1.86 bits per heavy atom. The summed E-state index contributed by atoms with van der Waals surface area (Å²) in [6, 6.07) is 8.09. The number of esters is 1. The third-order valence-electron chi connectivity index (χ3n) is 4.57. The Morgan fingerprint density at radius 3 is 2.48 bits per heavy atom. The van der Waals surface area contributed by atoms with E-state index in [1.807, 2.05) is 6.07 Å². The minimum atomic E-state index is -2.01. The predicted octanol–water partition coefficient (Wildman–Crippen LogP) is 4.76. The van der Waals surface area contributed by atoms with Crippen LogP contribution in [0, 0.1) is 15.2 Å². The summed E-state index contributed by atoms with van der Waals surface area (Å²) in [7, 11) is 1.18. The SMILES string of the molecule is COC(=O)C(OC1CC1)(c1cc(F)cc(F)c1)c1nc(Cl)nc2ccc(I)cc12. The molecule has 1 atom stereocenters. The molecule has 0 spiro atoms. The number of carbonyl (C=O) groups excluding carboxylic acids is 1. The molecule has 0 aliphatic heterocycles. The monoisotopic (exact) mass is 530 g/mol. The highest BCUT2D eigenvalue weighted by Crippen LogP contribution is 2.43.